The molecular formula is C27H26N2O5S. The number of nitrogens with zero attached hydrogens (tertiary/aromatic N) is 2. The molecule has 180 valence electrons. The summed E-state index contributed by atoms with van der Waals surface area (Å²) in [5.74, 6) is 2.43. The SMILES string of the molecule is Cc1ccsc1/C=C1\Oc2c(ccc(O)c2CN2CCN(Cc3ccc4c(c3)OCO4)CC2)C1=O. The molecule has 0 aliphatic carbocycles. The molecule has 7 nitrogen and oxygen atoms in total. The van der Waals surface area contributed by atoms with E-state index in [1.807, 2.05) is 24.4 Å². The molecule has 1 saturated heterocycles. The fraction of sp³-hybridized carbons (Fsp3) is 0.296. The van der Waals surface area contributed by atoms with E-state index in [9.17, 15) is 9.90 Å². The maximum absolute atomic E-state index is 13.0. The van der Waals surface area contributed by atoms with Gasteiger partial charge in [-0.25, -0.2) is 0 Å². The molecule has 0 unspecified atom stereocenters. The van der Waals surface area contributed by atoms with Crippen molar-refractivity contribution in [2.45, 2.75) is 20.0 Å². The Morgan fingerprint density at radius 3 is 2.54 bits per heavy atom. The van der Waals surface area contributed by atoms with Crippen molar-refractivity contribution in [1.29, 1.82) is 0 Å². The first-order chi connectivity index (χ1) is 17.0. The molecule has 1 fully saturated rings. The van der Waals surface area contributed by atoms with E-state index in [2.05, 4.69) is 21.9 Å². The van der Waals surface area contributed by atoms with E-state index < -0.39 is 0 Å². The fourth-order valence-electron chi connectivity index (χ4n) is 4.73. The Morgan fingerprint density at radius 2 is 1.77 bits per heavy atom. The summed E-state index contributed by atoms with van der Waals surface area (Å²) in [4.78, 5) is 18.7. The number of thiophene rings is 1. The molecule has 1 aromatic heterocycles. The number of ketones is 1. The number of fused-ring (bicyclic) bond motifs is 2. The first-order valence-corrected chi connectivity index (χ1v) is 12.6. The van der Waals surface area contributed by atoms with Gasteiger partial charge in [0.05, 0.1) is 11.1 Å². The van der Waals surface area contributed by atoms with Gasteiger partial charge in [-0.3, -0.25) is 14.6 Å². The number of Topliss-reactive ketones (excluding diaryl/α,β-unsaturated/α-hetero) is 1. The number of carbonyl (C=O) groups excluding carboxylic acids is 1. The van der Waals surface area contributed by atoms with Crippen LogP contribution in [0.4, 0.5) is 0 Å². The fourth-order valence-corrected chi connectivity index (χ4v) is 5.58. The number of phenolic OH excluding ortho intramolecular Hbond substituents is 1. The first kappa shape index (κ1) is 22.2. The average molecular weight is 491 g/mol. The van der Waals surface area contributed by atoms with E-state index in [0.717, 1.165) is 54.7 Å². The monoisotopic (exact) mass is 490 g/mol. The molecule has 0 atom stereocenters. The summed E-state index contributed by atoms with van der Waals surface area (Å²) in [6, 6.07) is 11.4. The lowest BCUT2D eigenvalue weighted by atomic mass is 10.0. The second kappa shape index (κ2) is 9.03. The molecular weight excluding hydrogens is 464 g/mol. The Balaban J connectivity index is 1.13. The second-order valence-corrected chi connectivity index (χ2v) is 10.0. The van der Waals surface area contributed by atoms with Gasteiger partial charge in [0.15, 0.2) is 17.3 Å². The summed E-state index contributed by atoms with van der Waals surface area (Å²) < 4.78 is 16.9. The number of carbonyl (C=O) groups is 1. The first-order valence-electron chi connectivity index (χ1n) is 11.7. The minimum atomic E-state index is -0.136. The highest BCUT2D eigenvalue weighted by atomic mass is 32.1. The molecule has 3 aromatic rings. The Bertz CT molecular complexity index is 1320. The molecule has 0 spiro atoms. The Labute approximate surface area is 207 Å². The van der Waals surface area contributed by atoms with Crippen LogP contribution in [0.2, 0.25) is 0 Å². The lowest BCUT2D eigenvalue weighted by Crippen LogP contribution is -2.45. The van der Waals surface area contributed by atoms with E-state index in [4.69, 9.17) is 14.2 Å². The van der Waals surface area contributed by atoms with Crippen molar-refractivity contribution in [2.24, 2.45) is 0 Å². The smallest absolute Gasteiger partial charge is 0.232 e. The van der Waals surface area contributed by atoms with Crippen LogP contribution in [-0.2, 0) is 13.1 Å². The quantitative estimate of drug-likeness (QED) is 0.531. The highest BCUT2D eigenvalue weighted by molar-refractivity contribution is 7.11. The van der Waals surface area contributed by atoms with Crippen LogP contribution in [0.15, 0.2) is 47.5 Å². The van der Waals surface area contributed by atoms with Crippen LogP contribution in [-0.4, -0.2) is 53.7 Å². The Kier molecular flexibility index (Phi) is 5.72. The summed E-state index contributed by atoms with van der Waals surface area (Å²) in [6.45, 7) is 7.22. The van der Waals surface area contributed by atoms with E-state index in [1.54, 1.807) is 29.5 Å². The molecule has 0 bridgehead atoms. The third kappa shape index (κ3) is 4.29. The summed E-state index contributed by atoms with van der Waals surface area (Å²) >= 11 is 1.58. The number of phenols is 1. The molecule has 0 saturated carbocycles. The second-order valence-electron chi connectivity index (χ2n) is 9.09. The molecule has 0 amide bonds. The summed E-state index contributed by atoms with van der Waals surface area (Å²) in [5, 5.41) is 12.6. The molecule has 0 radical (unpaired) electrons. The van der Waals surface area contributed by atoms with Gasteiger partial charge in [-0.2, -0.15) is 0 Å². The number of allylic oxidation sites excluding steroid dienone is 1. The van der Waals surface area contributed by atoms with Crippen molar-refractivity contribution in [3.05, 3.63) is 74.7 Å². The van der Waals surface area contributed by atoms with Crippen LogP contribution in [0.3, 0.4) is 0 Å². The number of piperazine rings is 1. The number of hydrogen-bond donors (Lipinski definition) is 1. The number of ether oxygens (including phenoxy) is 3. The van der Waals surface area contributed by atoms with Crippen LogP contribution < -0.4 is 14.2 Å². The van der Waals surface area contributed by atoms with Crippen molar-refractivity contribution in [3.8, 4) is 23.0 Å². The highest BCUT2D eigenvalue weighted by Gasteiger charge is 2.32. The van der Waals surface area contributed by atoms with Crippen molar-refractivity contribution < 1.29 is 24.1 Å². The summed E-state index contributed by atoms with van der Waals surface area (Å²) in [5.41, 5.74) is 3.50. The van der Waals surface area contributed by atoms with E-state index in [-0.39, 0.29) is 18.3 Å². The maximum atomic E-state index is 13.0. The standard InChI is InChI=1S/C27H26N2O5S/c1-17-6-11-35-25(17)13-24-26(31)19-3-4-21(30)20(27(19)34-24)15-29-9-7-28(8-10-29)14-18-2-5-22-23(12-18)33-16-32-22/h2-6,11-13,30H,7-10,14-16H2,1H3/b24-13-. The zero-order valence-electron chi connectivity index (χ0n) is 19.5. The lowest BCUT2D eigenvalue weighted by molar-refractivity contribution is 0.101. The summed E-state index contributed by atoms with van der Waals surface area (Å²) in [7, 11) is 0. The number of hydrogen-bond acceptors (Lipinski definition) is 8. The van der Waals surface area contributed by atoms with E-state index in [1.165, 1.54) is 5.56 Å². The lowest BCUT2D eigenvalue weighted by Gasteiger charge is -2.35. The number of benzene rings is 2. The van der Waals surface area contributed by atoms with Gasteiger partial charge in [0.25, 0.3) is 0 Å². The van der Waals surface area contributed by atoms with Gasteiger partial charge >= 0.3 is 0 Å². The molecule has 1 N–H and O–H groups in total. The number of rotatable bonds is 5. The van der Waals surface area contributed by atoms with Crippen LogP contribution in [0.25, 0.3) is 6.08 Å². The van der Waals surface area contributed by atoms with Crippen LogP contribution in [0.5, 0.6) is 23.0 Å². The predicted octanol–water partition coefficient (Wildman–Crippen LogP) is 4.42. The molecule has 8 heteroatoms. The maximum Gasteiger partial charge on any atom is 0.232 e. The Hall–Kier alpha value is -3.33. The van der Waals surface area contributed by atoms with Crippen molar-refractivity contribution in [2.75, 3.05) is 33.0 Å². The predicted molar refractivity (Wildman–Crippen MR) is 133 cm³/mol. The normalized spacial score (nSPS) is 18.8. The topological polar surface area (TPSA) is 71.5 Å². The minimum Gasteiger partial charge on any atom is -0.507 e. The molecule has 6 rings (SSSR count). The van der Waals surface area contributed by atoms with Gasteiger partial charge in [0, 0.05) is 50.2 Å². The van der Waals surface area contributed by atoms with Gasteiger partial charge < -0.3 is 19.3 Å². The number of aryl methyl sites for hydroxylation is 1. The third-order valence-electron chi connectivity index (χ3n) is 6.77. The van der Waals surface area contributed by atoms with Gasteiger partial charge in [-0.1, -0.05) is 6.07 Å². The number of aromatic hydroxyl groups is 1. The van der Waals surface area contributed by atoms with Crippen LogP contribution in [0.1, 0.15) is 31.9 Å². The van der Waals surface area contributed by atoms with Gasteiger partial charge in [0.2, 0.25) is 12.6 Å². The molecule has 3 aliphatic heterocycles. The average Bonchev–Trinajstić information content (AvgIpc) is 3.57. The zero-order chi connectivity index (χ0) is 23.9. The van der Waals surface area contributed by atoms with E-state index >= 15 is 0 Å². The van der Waals surface area contributed by atoms with Gasteiger partial charge in [-0.15, -0.1) is 11.3 Å². The van der Waals surface area contributed by atoms with Gasteiger partial charge in [0.1, 0.15) is 11.5 Å². The van der Waals surface area contributed by atoms with Crippen LogP contribution in [0, 0.1) is 6.92 Å². The van der Waals surface area contributed by atoms with Crippen LogP contribution >= 0.6 is 11.3 Å². The van der Waals surface area contributed by atoms with Crippen molar-refractivity contribution in [3.63, 3.8) is 0 Å². The zero-order valence-corrected chi connectivity index (χ0v) is 20.3. The summed E-state index contributed by atoms with van der Waals surface area (Å²) in [6.07, 6.45) is 1.80. The third-order valence-corrected chi connectivity index (χ3v) is 7.74. The molecule has 3 aliphatic rings. The van der Waals surface area contributed by atoms with E-state index in [0.29, 0.717) is 29.2 Å². The molecule has 4 heterocycles. The largest absolute Gasteiger partial charge is 0.507 e. The van der Waals surface area contributed by atoms with Crippen molar-refractivity contribution in [1.82, 2.24) is 9.80 Å². The minimum absolute atomic E-state index is 0.136. The molecule has 35 heavy (non-hydrogen) atoms. The Morgan fingerprint density at radius 1 is 1.00 bits per heavy atom. The highest BCUT2D eigenvalue weighted by Crippen LogP contribution is 2.40. The van der Waals surface area contributed by atoms with Gasteiger partial charge in [-0.05, 0) is 53.8 Å². The van der Waals surface area contributed by atoms with Crippen molar-refractivity contribution >= 4 is 23.2 Å². The molecule has 2 aromatic carbocycles.